The molecule has 1 amide bonds. The maximum absolute atomic E-state index is 12.5. The van der Waals surface area contributed by atoms with Gasteiger partial charge in [0.05, 0.1) is 11.8 Å². The van der Waals surface area contributed by atoms with E-state index < -0.39 is 0 Å². The van der Waals surface area contributed by atoms with E-state index >= 15 is 0 Å². The molecule has 2 aromatic rings. The molecule has 4 heterocycles. The van der Waals surface area contributed by atoms with Crippen LogP contribution in [0, 0.1) is 0 Å². The molecule has 4 rings (SSSR count). The van der Waals surface area contributed by atoms with E-state index in [2.05, 4.69) is 22.6 Å². The Morgan fingerprint density at radius 3 is 3.18 bits per heavy atom. The molecule has 2 aliphatic heterocycles. The summed E-state index contributed by atoms with van der Waals surface area (Å²) in [5, 5.41) is 7.38. The number of nitrogens with one attached hydrogen (secondary N) is 2. The Bertz CT molecular complexity index is 733. The van der Waals surface area contributed by atoms with E-state index in [1.807, 2.05) is 24.3 Å². The lowest BCUT2D eigenvalue weighted by Gasteiger charge is -2.25. The molecule has 6 heteroatoms. The SMILES string of the molecule is CN1CCc2c(sc3c2C(=O)NC(C=Cc2ccco2)N3)C1. The Labute approximate surface area is 132 Å². The van der Waals surface area contributed by atoms with Crippen molar-refractivity contribution in [2.45, 2.75) is 19.1 Å². The van der Waals surface area contributed by atoms with Gasteiger partial charge in [-0.1, -0.05) is 0 Å². The molecule has 22 heavy (non-hydrogen) atoms. The molecule has 0 saturated heterocycles. The normalized spacial score (nSPS) is 21.3. The minimum absolute atomic E-state index is 0.0184. The van der Waals surface area contributed by atoms with Gasteiger partial charge in [-0.3, -0.25) is 4.79 Å². The number of anilines is 1. The van der Waals surface area contributed by atoms with Gasteiger partial charge in [-0.2, -0.15) is 0 Å². The van der Waals surface area contributed by atoms with Gasteiger partial charge < -0.3 is 20.0 Å². The number of fused-ring (bicyclic) bond motifs is 3. The summed E-state index contributed by atoms with van der Waals surface area (Å²) in [4.78, 5) is 16.0. The summed E-state index contributed by atoms with van der Waals surface area (Å²) in [6, 6.07) is 3.72. The third-order valence-electron chi connectivity index (χ3n) is 4.04. The predicted molar refractivity (Wildman–Crippen MR) is 87.0 cm³/mol. The fourth-order valence-corrected chi connectivity index (χ4v) is 4.30. The molecule has 114 valence electrons. The van der Waals surface area contributed by atoms with Crippen LogP contribution in [0.15, 0.2) is 28.9 Å². The van der Waals surface area contributed by atoms with Crippen molar-refractivity contribution in [2.24, 2.45) is 0 Å². The number of furan rings is 1. The molecule has 0 aliphatic carbocycles. The first-order valence-electron chi connectivity index (χ1n) is 7.33. The van der Waals surface area contributed by atoms with E-state index in [4.69, 9.17) is 4.42 Å². The summed E-state index contributed by atoms with van der Waals surface area (Å²) in [5.74, 6) is 0.791. The number of nitrogens with zero attached hydrogens (tertiary/aromatic N) is 1. The number of rotatable bonds is 2. The zero-order valence-corrected chi connectivity index (χ0v) is 13.1. The van der Waals surface area contributed by atoms with Crippen LogP contribution in [0.1, 0.15) is 26.6 Å². The maximum Gasteiger partial charge on any atom is 0.256 e. The van der Waals surface area contributed by atoms with Crippen molar-refractivity contribution in [1.29, 1.82) is 0 Å². The number of carbonyl (C=O) groups is 1. The van der Waals surface area contributed by atoms with E-state index in [-0.39, 0.29) is 12.1 Å². The van der Waals surface area contributed by atoms with Crippen molar-refractivity contribution >= 4 is 28.3 Å². The lowest BCUT2D eigenvalue weighted by Crippen LogP contribution is -2.43. The molecule has 2 aliphatic rings. The average Bonchev–Trinajstić information content (AvgIpc) is 3.11. The van der Waals surface area contributed by atoms with Gasteiger partial charge in [0, 0.05) is 18.0 Å². The third-order valence-corrected chi connectivity index (χ3v) is 5.19. The summed E-state index contributed by atoms with van der Waals surface area (Å²) in [5.41, 5.74) is 2.06. The predicted octanol–water partition coefficient (Wildman–Crippen LogP) is 2.52. The highest BCUT2D eigenvalue weighted by Crippen LogP contribution is 2.38. The monoisotopic (exact) mass is 315 g/mol. The van der Waals surface area contributed by atoms with Gasteiger partial charge >= 0.3 is 0 Å². The van der Waals surface area contributed by atoms with Crippen molar-refractivity contribution < 1.29 is 9.21 Å². The quantitative estimate of drug-likeness (QED) is 0.894. The van der Waals surface area contributed by atoms with Gasteiger partial charge in [0.1, 0.15) is 16.9 Å². The van der Waals surface area contributed by atoms with Crippen molar-refractivity contribution in [3.63, 3.8) is 0 Å². The van der Waals surface area contributed by atoms with Gasteiger partial charge in [-0.25, -0.2) is 0 Å². The number of hydrogen-bond donors (Lipinski definition) is 2. The molecule has 0 spiro atoms. The molecule has 0 fully saturated rings. The Morgan fingerprint density at radius 1 is 1.45 bits per heavy atom. The largest absolute Gasteiger partial charge is 0.465 e. The van der Waals surface area contributed by atoms with Crippen LogP contribution in [-0.2, 0) is 13.0 Å². The van der Waals surface area contributed by atoms with Gasteiger partial charge in [-0.15, -0.1) is 11.3 Å². The molecule has 5 nitrogen and oxygen atoms in total. The van der Waals surface area contributed by atoms with Gasteiger partial charge in [-0.05, 0) is 43.3 Å². The number of amides is 1. The zero-order chi connectivity index (χ0) is 15.1. The van der Waals surface area contributed by atoms with Crippen molar-refractivity contribution in [1.82, 2.24) is 10.2 Å². The number of thiophene rings is 1. The maximum atomic E-state index is 12.5. The van der Waals surface area contributed by atoms with E-state index in [1.54, 1.807) is 17.6 Å². The first-order valence-corrected chi connectivity index (χ1v) is 8.14. The Hall–Kier alpha value is -2.05. The van der Waals surface area contributed by atoms with Gasteiger partial charge in [0.15, 0.2) is 0 Å². The van der Waals surface area contributed by atoms with Crippen molar-refractivity contribution in [3.8, 4) is 0 Å². The molecular weight excluding hydrogens is 298 g/mol. The molecule has 0 saturated carbocycles. The van der Waals surface area contributed by atoms with Crippen LogP contribution in [0.4, 0.5) is 5.00 Å². The first kappa shape index (κ1) is 13.6. The molecule has 1 atom stereocenters. The molecule has 0 radical (unpaired) electrons. The van der Waals surface area contributed by atoms with Crippen LogP contribution in [0.3, 0.4) is 0 Å². The van der Waals surface area contributed by atoms with E-state index in [0.717, 1.165) is 35.8 Å². The lowest BCUT2D eigenvalue weighted by molar-refractivity contribution is 0.0942. The van der Waals surface area contributed by atoms with Crippen LogP contribution in [-0.4, -0.2) is 30.6 Å². The smallest absolute Gasteiger partial charge is 0.256 e. The van der Waals surface area contributed by atoms with Crippen LogP contribution in [0.2, 0.25) is 0 Å². The highest BCUT2D eigenvalue weighted by molar-refractivity contribution is 7.16. The third kappa shape index (κ3) is 2.34. The molecule has 0 aromatic carbocycles. The van der Waals surface area contributed by atoms with Crippen LogP contribution in [0.5, 0.6) is 0 Å². The fraction of sp³-hybridized carbons (Fsp3) is 0.312. The second-order valence-corrected chi connectivity index (χ2v) is 6.77. The van der Waals surface area contributed by atoms with Gasteiger partial charge in [0.2, 0.25) is 0 Å². The first-order chi connectivity index (χ1) is 10.7. The second kappa shape index (κ2) is 5.30. The Balaban J connectivity index is 1.60. The molecule has 2 aromatic heterocycles. The lowest BCUT2D eigenvalue weighted by atomic mass is 10.0. The summed E-state index contributed by atoms with van der Waals surface area (Å²) in [6.07, 6.45) is 6.14. The summed E-state index contributed by atoms with van der Waals surface area (Å²) in [6.45, 7) is 1.93. The second-order valence-electron chi connectivity index (χ2n) is 5.67. The summed E-state index contributed by atoms with van der Waals surface area (Å²) >= 11 is 1.70. The highest BCUT2D eigenvalue weighted by Gasteiger charge is 2.31. The molecule has 2 N–H and O–H groups in total. The van der Waals surface area contributed by atoms with Crippen molar-refractivity contribution in [3.05, 3.63) is 46.2 Å². The molecular formula is C16H17N3O2S. The van der Waals surface area contributed by atoms with Crippen LogP contribution < -0.4 is 10.6 Å². The van der Waals surface area contributed by atoms with Crippen LogP contribution >= 0.6 is 11.3 Å². The molecule has 0 bridgehead atoms. The summed E-state index contributed by atoms with van der Waals surface area (Å²) < 4.78 is 5.27. The standard InChI is InChI=1S/C16H17N3O2S/c1-19-7-6-11-12(9-19)22-16-14(11)15(20)17-13(18-16)5-4-10-3-2-8-21-10/h2-5,8,13,18H,6-7,9H2,1H3,(H,17,20). The minimum atomic E-state index is -0.206. The number of carbonyl (C=O) groups excluding carboxylic acids is 1. The van der Waals surface area contributed by atoms with Crippen molar-refractivity contribution in [2.75, 3.05) is 18.9 Å². The fourth-order valence-electron chi connectivity index (χ4n) is 2.94. The van der Waals surface area contributed by atoms with Crippen LogP contribution in [0.25, 0.3) is 6.08 Å². The van der Waals surface area contributed by atoms with E-state index in [0.29, 0.717) is 0 Å². The average molecular weight is 315 g/mol. The highest BCUT2D eigenvalue weighted by atomic mass is 32.1. The summed E-state index contributed by atoms with van der Waals surface area (Å²) in [7, 11) is 2.12. The molecule has 1 unspecified atom stereocenters. The topological polar surface area (TPSA) is 57.5 Å². The van der Waals surface area contributed by atoms with E-state index in [9.17, 15) is 4.79 Å². The number of likely N-dealkylation sites (N-methyl/N-ethyl adjacent to an activating group) is 1. The Morgan fingerprint density at radius 2 is 2.36 bits per heavy atom. The van der Waals surface area contributed by atoms with Gasteiger partial charge in [0.25, 0.3) is 5.91 Å². The van der Waals surface area contributed by atoms with E-state index in [1.165, 1.54) is 10.4 Å². The zero-order valence-electron chi connectivity index (χ0n) is 12.3. The number of hydrogen-bond acceptors (Lipinski definition) is 5. The Kier molecular flexibility index (Phi) is 3.28. The minimum Gasteiger partial charge on any atom is -0.465 e.